The predicted molar refractivity (Wildman–Crippen MR) is 100 cm³/mol. The molecule has 1 aromatic carbocycles. The average molecular weight is 409 g/mol. The largest absolute Gasteiger partial charge is 0.378 e. The number of hydrogen-bond acceptors (Lipinski definition) is 3. The predicted octanol–water partition coefficient (Wildman–Crippen LogP) is 3.59. The van der Waals surface area contributed by atoms with Gasteiger partial charge in [0.1, 0.15) is 0 Å². The molecule has 1 saturated heterocycles. The molecule has 2 fully saturated rings. The third-order valence-corrected chi connectivity index (χ3v) is 5.75. The first-order chi connectivity index (χ1) is 12.1. The number of carbonyl (C=O) groups excluding carboxylic acids is 2. The number of ether oxygens (including phenoxy) is 1. The van der Waals surface area contributed by atoms with Crippen molar-refractivity contribution in [2.45, 2.75) is 38.5 Å². The van der Waals surface area contributed by atoms with E-state index in [-0.39, 0.29) is 17.2 Å². The summed E-state index contributed by atoms with van der Waals surface area (Å²) in [5.74, 6) is 0.167. The standard InChI is InChI=1S/C19H25BrN2O3/c20-15-3-5-16(6-4-15)21-17(23)13-19(7-1-2-8-19)14-18(24)22-9-11-25-12-10-22/h3-6H,1-2,7-14H2,(H,21,23). The first-order valence-corrected chi connectivity index (χ1v) is 9.77. The van der Waals surface area contributed by atoms with Crippen LogP contribution < -0.4 is 5.32 Å². The van der Waals surface area contributed by atoms with Gasteiger partial charge in [0.05, 0.1) is 13.2 Å². The van der Waals surface area contributed by atoms with Crippen molar-refractivity contribution in [3.63, 3.8) is 0 Å². The summed E-state index contributed by atoms with van der Waals surface area (Å²) in [5.41, 5.74) is 0.607. The molecule has 0 unspecified atom stereocenters. The van der Waals surface area contributed by atoms with Gasteiger partial charge in [0.2, 0.25) is 11.8 Å². The molecule has 1 aromatic rings. The van der Waals surface area contributed by atoms with Crippen LogP contribution in [0.5, 0.6) is 0 Å². The lowest BCUT2D eigenvalue weighted by molar-refractivity contribution is -0.138. The molecule has 1 aliphatic carbocycles. The highest BCUT2D eigenvalue weighted by Crippen LogP contribution is 2.44. The van der Waals surface area contributed by atoms with Crippen molar-refractivity contribution < 1.29 is 14.3 Å². The summed E-state index contributed by atoms with van der Waals surface area (Å²) >= 11 is 3.39. The van der Waals surface area contributed by atoms with E-state index in [2.05, 4.69) is 21.2 Å². The van der Waals surface area contributed by atoms with Crippen molar-refractivity contribution in [3.8, 4) is 0 Å². The van der Waals surface area contributed by atoms with E-state index in [0.717, 1.165) is 35.8 Å². The van der Waals surface area contributed by atoms with Crippen molar-refractivity contribution in [1.82, 2.24) is 4.90 Å². The van der Waals surface area contributed by atoms with Gasteiger partial charge in [-0.2, -0.15) is 0 Å². The summed E-state index contributed by atoms with van der Waals surface area (Å²) < 4.78 is 6.30. The molecular weight excluding hydrogens is 384 g/mol. The van der Waals surface area contributed by atoms with E-state index < -0.39 is 0 Å². The third-order valence-electron chi connectivity index (χ3n) is 5.22. The maximum atomic E-state index is 12.7. The molecule has 1 heterocycles. The number of halogens is 1. The van der Waals surface area contributed by atoms with E-state index in [1.165, 1.54) is 0 Å². The van der Waals surface area contributed by atoms with Crippen molar-refractivity contribution in [3.05, 3.63) is 28.7 Å². The molecule has 1 saturated carbocycles. The zero-order chi connectivity index (χ0) is 17.7. The topological polar surface area (TPSA) is 58.6 Å². The van der Waals surface area contributed by atoms with Gasteiger partial charge in [-0.1, -0.05) is 28.8 Å². The number of amides is 2. The van der Waals surface area contributed by atoms with Gasteiger partial charge in [-0.05, 0) is 42.5 Å². The lowest BCUT2D eigenvalue weighted by atomic mass is 9.78. The Bertz CT molecular complexity index is 606. The Morgan fingerprint density at radius 2 is 1.72 bits per heavy atom. The maximum Gasteiger partial charge on any atom is 0.224 e. The van der Waals surface area contributed by atoms with Crippen molar-refractivity contribution in [2.75, 3.05) is 31.6 Å². The molecule has 3 rings (SSSR count). The lowest BCUT2D eigenvalue weighted by Gasteiger charge is -2.33. The number of nitrogens with one attached hydrogen (secondary N) is 1. The summed E-state index contributed by atoms with van der Waals surface area (Å²) in [4.78, 5) is 27.1. The second kappa shape index (κ2) is 8.32. The van der Waals surface area contributed by atoms with Crippen LogP contribution in [0.2, 0.25) is 0 Å². The number of benzene rings is 1. The minimum Gasteiger partial charge on any atom is -0.378 e. The van der Waals surface area contributed by atoms with Gasteiger partial charge in [-0.25, -0.2) is 0 Å². The second-order valence-electron chi connectivity index (χ2n) is 7.11. The minimum atomic E-state index is -0.186. The number of nitrogens with zero attached hydrogens (tertiary/aromatic N) is 1. The highest BCUT2D eigenvalue weighted by Gasteiger charge is 2.39. The van der Waals surface area contributed by atoms with Crippen molar-refractivity contribution in [2.24, 2.45) is 5.41 Å². The van der Waals surface area contributed by atoms with Crippen LogP contribution in [0.1, 0.15) is 38.5 Å². The van der Waals surface area contributed by atoms with Gasteiger partial charge >= 0.3 is 0 Å². The van der Waals surface area contributed by atoms with Crippen LogP contribution >= 0.6 is 15.9 Å². The van der Waals surface area contributed by atoms with E-state index in [4.69, 9.17) is 4.74 Å². The summed E-state index contributed by atoms with van der Waals surface area (Å²) in [6.07, 6.45) is 5.00. The zero-order valence-electron chi connectivity index (χ0n) is 14.4. The lowest BCUT2D eigenvalue weighted by Crippen LogP contribution is -2.43. The molecule has 2 amide bonds. The highest BCUT2D eigenvalue weighted by molar-refractivity contribution is 9.10. The van der Waals surface area contributed by atoms with E-state index >= 15 is 0 Å². The van der Waals surface area contributed by atoms with Gasteiger partial charge < -0.3 is 15.0 Å². The monoisotopic (exact) mass is 408 g/mol. The summed E-state index contributed by atoms with van der Waals surface area (Å²) in [7, 11) is 0. The quantitative estimate of drug-likeness (QED) is 0.809. The zero-order valence-corrected chi connectivity index (χ0v) is 16.0. The SMILES string of the molecule is O=C(CC1(CC(=O)N2CCOCC2)CCCC1)Nc1ccc(Br)cc1. The fourth-order valence-electron chi connectivity index (χ4n) is 3.87. The Morgan fingerprint density at radius 1 is 1.08 bits per heavy atom. The first kappa shape index (κ1) is 18.4. The minimum absolute atomic E-state index is 0.000926. The Balaban J connectivity index is 1.60. The van der Waals surface area contributed by atoms with Crippen LogP contribution in [0.25, 0.3) is 0 Å². The fraction of sp³-hybridized carbons (Fsp3) is 0.579. The van der Waals surface area contributed by atoms with Gasteiger partial charge in [-0.15, -0.1) is 0 Å². The molecule has 25 heavy (non-hydrogen) atoms. The summed E-state index contributed by atoms with van der Waals surface area (Å²) in [6.45, 7) is 2.56. The van der Waals surface area contributed by atoms with Crippen molar-refractivity contribution in [1.29, 1.82) is 0 Å². The number of rotatable bonds is 5. The maximum absolute atomic E-state index is 12.7. The van der Waals surface area contributed by atoms with Crippen molar-refractivity contribution >= 4 is 33.4 Å². The van der Waals surface area contributed by atoms with Crippen LogP contribution in [0.4, 0.5) is 5.69 Å². The number of morpholine rings is 1. The molecule has 1 aliphatic heterocycles. The molecule has 0 atom stereocenters. The second-order valence-corrected chi connectivity index (χ2v) is 8.02. The molecule has 1 N–H and O–H groups in total. The molecule has 0 radical (unpaired) electrons. The normalized spacial score (nSPS) is 19.6. The van der Waals surface area contributed by atoms with Gasteiger partial charge in [0.25, 0.3) is 0 Å². The molecule has 5 nitrogen and oxygen atoms in total. The Hall–Kier alpha value is -1.40. The van der Waals surface area contributed by atoms with E-state index in [9.17, 15) is 9.59 Å². The molecule has 0 aromatic heterocycles. The van der Waals surface area contributed by atoms with Crippen LogP contribution in [-0.4, -0.2) is 43.0 Å². The third kappa shape index (κ3) is 5.05. The first-order valence-electron chi connectivity index (χ1n) is 8.97. The summed E-state index contributed by atoms with van der Waals surface area (Å²) in [6, 6.07) is 7.57. The summed E-state index contributed by atoms with van der Waals surface area (Å²) in [5, 5.41) is 2.97. The Labute approximate surface area is 157 Å². The van der Waals surface area contributed by atoms with Crippen LogP contribution in [0.3, 0.4) is 0 Å². The van der Waals surface area contributed by atoms with Crippen LogP contribution in [-0.2, 0) is 14.3 Å². The number of anilines is 1. The van der Waals surface area contributed by atoms with Crippen LogP contribution in [0, 0.1) is 5.41 Å². The van der Waals surface area contributed by atoms with E-state index in [1.54, 1.807) is 0 Å². The smallest absolute Gasteiger partial charge is 0.224 e. The molecule has 136 valence electrons. The Morgan fingerprint density at radius 3 is 2.36 bits per heavy atom. The van der Waals surface area contributed by atoms with Gasteiger partial charge in [0.15, 0.2) is 0 Å². The number of carbonyl (C=O) groups is 2. The molecular formula is C19H25BrN2O3. The average Bonchev–Trinajstić information content (AvgIpc) is 3.05. The van der Waals surface area contributed by atoms with E-state index in [1.807, 2.05) is 29.2 Å². The molecule has 0 bridgehead atoms. The van der Waals surface area contributed by atoms with E-state index in [0.29, 0.717) is 39.1 Å². The highest BCUT2D eigenvalue weighted by atomic mass is 79.9. The molecule has 0 spiro atoms. The van der Waals surface area contributed by atoms with Gasteiger partial charge in [-0.3, -0.25) is 9.59 Å². The van der Waals surface area contributed by atoms with Gasteiger partial charge in [0, 0.05) is 36.1 Å². The fourth-order valence-corrected chi connectivity index (χ4v) is 4.13. The van der Waals surface area contributed by atoms with Crippen LogP contribution in [0.15, 0.2) is 28.7 Å². The number of hydrogen-bond donors (Lipinski definition) is 1. The molecule has 2 aliphatic rings. The Kier molecular flexibility index (Phi) is 6.12. The molecule has 6 heteroatoms.